The topological polar surface area (TPSA) is 128 Å². The second-order valence-electron chi connectivity index (χ2n) is 4.13. The summed E-state index contributed by atoms with van der Waals surface area (Å²) in [7, 11) is -3.74. The summed E-state index contributed by atoms with van der Waals surface area (Å²) in [4.78, 5) is 20.9. The van der Waals surface area contributed by atoms with E-state index >= 15 is 0 Å². The summed E-state index contributed by atoms with van der Waals surface area (Å²) >= 11 is 0. The number of rotatable bonds is 9. The van der Waals surface area contributed by atoms with Gasteiger partial charge in [-0.05, 0) is 19.1 Å². The molecule has 22 heavy (non-hydrogen) atoms. The zero-order valence-corrected chi connectivity index (χ0v) is 12.8. The van der Waals surface area contributed by atoms with Gasteiger partial charge < -0.3 is 10.1 Å². The fourth-order valence-corrected chi connectivity index (χ4v) is 2.54. The Bertz CT molecular complexity index is 614. The molecule has 1 rings (SSSR count). The van der Waals surface area contributed by atoms with Crippen LogP contribution in [0, 0.1) is 10.1 Å². The number of non-ortho nitro benzene ring substituents is 1. The Morgan fingerprint density at radius 1 is 1.27 bits per heavy atom. The minimum absolute atomic E-state index is 0.00685. The zero-order chi connectivity index (χ0) is 16.6. The molecule has 0 fully saturated rings. The molecule has 1 aromatic carbocycles. The first-order valence-electron chi connectivity index (χ1n) is 6.47. The molecule has 0 aromatic heterocycles. The average molecular weight is 331 g/mol. The Morgan fingerprint density at radius 2 is 1.91 bits per heavy atom. The summed E-state index contributed by atoms with van der Waals surface area (Å²) in [6.07, 6.45) is 0. The standard InChI is InChI=1S/C12H17N3O6S/c1-2-21-12(16)9-13-7-8-14-22(19,20)11-5-3-10(4-6-11)15(17)18/h3-6,13-14H,2,7-9H2,1H3. The number of ether oxygens (including phenoxy) is 1. The largest absolute Gasteiger partial charge is 0.465 e. The van der Waals surface area contributed by atoms with E-state index in [1.54, 1.807) is 6.92 Å². The summed E-state index contributed by atoms with van der Waals surface area (Å²) in [5, 5.41) is 13.2. The summed E-state index contributed by atoms with van der Waals surface area (Å²) in [6, 6.07) is 4.56. The third kappa shape index (κ3) is 5.76. The molecule has 122 valence electrons. The first-order chi connectivity index (χ1) is 10.4. The van der Waals surface area contributed by atoms with Gasteiger partial charge in [-0.2, -0.15) is 0 Å². The van der Waals surface area contributed by atoms with Crippen molar-refractivity contribution >= 4 is 21.7 Å². The van der Waals surface area contributed by atoms with Crippen LogP contribution in [-0.2, 0) is 19.6 Å². The predicted octanol–water partition coefficient (Wildman–Crippen LogP) is 0.0258. The van der Waals surface area contributed by atoms with Crippen molar-refractivity contribution in [2.75, 3.05) is 26.2 Å². The molecule has 0 aliphatic heterocycles. The van der Waals surface area contributed by atoms with Crippen LogP contribution in [0.3, 0.4) is 0 Å². The number of nitro benzene ring substituents is 1. The lowest BCUT2D eigenvalue weighted by atomic mass is 10.3. The SMILES string of the molecule is CCOC(=O)CNCCNS(=O)(=O)c1ccc([N+](=O)[O-])cc1. The van der Waals surface area contributed by atoms with Gasteiger partial charge >= 0.3 is 5.97 Å². The van der Waals surface area contributed by atoms with Crippen LogP contribution in [0.1, 0.15) is 6.92 Å². The van der Waals surface area contributed by atoms with Gasteiger partial charge in [0.2, 0.25) is 10.0 Å². The second kappa shape index (κ2) is 8.41. The maximum absolute atomic E-state index is 11.9. The lowest BCUT2D eigenvalue weighted by Gasteiger charge is -2.07. The number of carbonyl (C=O) groups excluding carboxylic acids is 1. The molecule has 0 heterocycles. The van der Waals surface area contributed by atoms with Crippen LogP contribution in [-0.4, -0.2) is 45.6 Å². The molecule has 0 amide bonds. The fraction of sp³-hybridized carbons (Fsp3) is 0.417. The van der Waals surface area contributed by atoms with Crippen molar-refractivity contribution in [1.29, 1.82) is 0 Å². The molecule has 10 heteroatoms. The van der Waals surface area contributed by atoms with Crippen molar-refractivity contribution in [3.05, 3.63) is 34.4 Å². The van der Waals surface area contributed by atoms with E-state index in [2.05, 4.69) is 10.0 Å². The van der Waals surface area contributed by atoms with E-state index in [1.165, 1.54) is 0 Å². The number of esters is 1. The number of nitrogens with zero attached hydrogens (tertiary/aromatic N) is 1. The number of nitro groups is 1. The zero-order valence-electron chi connectivity index (χ0n) is 11.9. The Kier molecular flexibility index (Phi) is 6.89. The molecule has 0 spiro atoms. The van der Waals surface area contributed by atoms with Crippen LogP contribution in [0.4, 0.5) is 5.69 Å². The van der Waals surface area contributed by atoms with Crippen molar-refractivity contribution in [1.82, 2.24) is 10.0 Å². The summed E-state index contributed by atoms with van der Waals surface area (Å²) in [5.41, 5.74) is -0.185. The van der Waals surface area contributed by atoms with Gasteiger partial charge in [-0.1, -0.05) is 0 Å². The molecule has 0 unspecified atom stereocenters. The number of benzene rings is 1. The predicted molar refractivity (Wildman–Crippen MR) is 77.8 cm³/mol. The Morgan fingerprint density at radius 3 is 2.45 bits per heavy atom. The smallest absolute Gasteiger partial charge is 0.319 e. The van der Waals surface area contributed by atoms with Crippen LogP contribution in [0.2, 0.25) is 0 Å². The Hall–Kier alpha value is -2.04. The van der Waals surface area contributed by atoms with Gasteiger partial charge in [0, 0.05) is 25.2 Å². The van der Waals surface area contributed by atoms with E-state index in [-0.39, 0.29) is 36.8 Å². The maximum Gasteiger partial charge on any atom is 0.319 e. The number of nitrogens with one attached hydrogen (secondary N) is 2. The fourth-order valence-electron chi connectivity index (χ4n) is 1.51. The van der Waals surface area contributed by atoms with Crippen molar-refractivity contribution in [2.45, 2.75) is 11.8 Å². The molecule has 0 atom stereocenters. The molecular formula is C12H17N3O6S. The highest BCUT2D eigenvalue weighted by Gasteiger charge is 2.15. The third-order valence-electron chi connectivity index (χ3n) is 2.53. The monoisotopic (exact) mass is 331 g/mol. The number of carbonyl (C=O) groups is 1. The van der Waals surface area contributed by atoms with E-state index in [0.29, 0.717) is 0 Å². The molecule has 1 aromatic rings. The van der Waals surface area contributed by atoms with Crippen molar-refractivity contribution in [2.24, 2.45) is 0 Å². The normalized spacial score (nSPS) is 11.1. The highest BCUT2D eigenvalue weighted by atomic mass is 32.2. The van der Waals surface area contributed by atoms with Crippen LogP contribution >= 0.6 is 0 Å². The van der Waals surface area contributed by atoms with Gasteiger partial charge in [0.25, 0.3) is 5.69 Å². The minimum Gasteiger partial charge on any atom is -0.465 e. The molecule has 0 radical (unpaired) electrons. The Labute approximate surface area is 127 Å². The Balaban J connectivity index is 2.44. The van der Waals surface area contributed by atoms with Crippen molar-refractivity contribution in [3.8, 4) is 0 Å². The number of sulfonamides is 1. The lowest BCUT2D eigenvalue weighted by Crippen LogP contribution is -2.34. The molecule has 0 saturated heterocycles. The number of hydrogen-bond donors (Lipinski definition) is 2. The second-order valence-corrected chi connectivity index (χ2v) is 5.90. The van der Waals surface area contributed by atoms with E-state index in [1.807, 2.05) is 0 Å². The van der Waals surface area contributed by atoms with Crippen molar-refractivity contribution in [3.63, 3.8) is 0 Å². The summed E-state index contributed by atoms with van der Waals surface area (Å²) in [5.74, 6) is -0.416. The van der Waals surface area contributed by atoms with Gasteiger partial charge in [0.15, 0.2) is 0 Å². The molecule has 9 nitrogen and oxygen atoms in total. The van der Waals surface area contributed by atoms with Gasteiger partial charge in [-0.3, -0.25) is 14.9 Å². The molecule has 0 aliphatic carbocycles. The first kappa shape index (κ1) is 18.0. The van der Waals surface area contributed by atoms with E-state index in [4.69, 9.17) is 4.74 Å². The van der Waals surface area contributed by atoms with Crippen LogP contribution in [0.5, 0.6) is 0 Å². The molecule has 0 aliphatic rings. The van der Waals surface area contributed by atoms with Gasteiger partial charge in [-0.15, -0.1) is 0 Å². The quantitative estimate of drug-likeness (QED) is 0.283. The van der Waals surface area contributed by atoms with Gasteiger partial charge in [0.1, 0.15) is 0 Å². The minimum atomic E-state index is -3.74. The molecule has 0 saturated carbocycles. The van der Waals surface area contributed by atoms with Crippen molar-refractivity contribution < 1.29 is 22.9 Å². The van der Waals surface area contributed by atoms with Gasteiger partial charge in [0.05, 0.1) is 23.0 Å². The molecule has 2 N–H and O–H groups in total. The van der Waals surface area contributed by atoms with Crippen LogP contribution < -0.4 is 10.0 Å². The molecule has 0 bridgehead atoms. The number of hydrogen-bond acceptors (Lipinski definition) is 7. The maximum atomic E-state index is 11.9. The van der Waals surface area contributed by atoms with Crippen LogP contribution in [0.25, 0.3) is 0 Å². The summed E-state index contributed by atoms with van der Waals surface area (Å²) in [6.45, 7) is 2.28. The summed E-state index contributed by atoms with van der Waals surface area (Å²) < 4.78 is 30.8. The van der Waals surface area contributed by atoms with E-state index < -0.39 is 20.9 Å². The van der Waals surface area contributed by atoms with E-state index in [0.717, 1.165) is 24.3 Å². The molecular weight excluding hydrogens is 314 g/mol. The highest BCUT2D eigenvalue weighted by molar-refractivity contribution is 7.89. The average Bonchev–Trinajstić information content (AvgIpc) is 2.47. The van der Waals surface area contributed by atoms with Gasteiger partial charge in [-0.25, -0.2) is 13.1 Å². The third-order valence-corrected chi connectivity index (χ3v) is 4.00. The van der Waals surface area contributed by atoms with E-state index in [9.17, 15) is 23.3 Å². The first-order valence-corrected chi connectivity index (χ1v) is 7.95. The lowest BCUT2D eigenvalue weighted by molar-refractivity contribution is -0.384. The van der Waals surface area contributed by atoms with Crippen LogP contribution in [0.15, 0.2) is 29.2 Å². The highest BCUT2D eigenvalue weighted by Crippen LogP contribution is 2.15.